The summed E-state index contributed by atoms with van der Waals surface area (Å²) in [7, 11) is -4.14. The molecule has 2 aromatic rings. The molecule has 2 aromatic carbocycles. The summed E-state index contributed by atoms with van der Waals surface area (Å²) in [5.41, 5.74) is 0.241. The van der Waals surface area contributed by atoms with E-state index in [0.29, 0.717) is 17.3 Å². The molecule has 1 fully saturated rings. The highest BCUT2D eigenvalue weighted by Crippen LogP contribution is 2.34. The van der Waals surface area contributed by atoms with Gasteiger partial charge in [0, 0.05) is 38.3 Å². The maximum atomic E-state index is 13.1. The monoisotopic (exact) mass is 467 g/mol. The Balaban J connectivity index is 1.48. The molecule has 2 aliphatic heterocycles. The lowest BCUT2D eigenvalue weighted by molar-refractivity contribution is -0.138. The Hall–Kier alpha value is -2.92. The molecule has 32 heavy (non-hydrogen) atoms. The van der Waals surface area contributed by atoms with Crippen molar-refractivity contribution in [3.63, 3.8) is 0 Å². The number of halogens is 3. The summed E-state index contributed by atoms with van der Waals surface area (Å²) in [6.07, 6.45) is -4.65. The first-order valence-corrected chi connectivity index (χ1v) is 11.4. The van der Waals surface area contributed by atoms with Crippen molar-refractivity contribution in [1.29, 1.82) is 0 Å². The maximum absolute atomic E-state index is 13.1. The van der Waals surface area contributed by atoms with Crippen LogP contribution in [-0.2, 0) is 25.8 Å². The first-order chi connectivity index (χ1) is 15.1. The van der Waals surface area contributed by atoms with E-state index in [1.165, 1.54) is 4.90 Å². The molecule has 1 N–H and O–H groups in total. The molecular formula is C21H20F3N3O4S. The second-order valence-corrected chi connectivity index (χ2v) is 9.59. The smallest absolute Gasteiger partial charge is 0.340 e. The lowest BCUT2D eigenvalue weighted by atomic mass is 9.89. The summed E-state index contributed by atoms with van der Waals surface area (Å²) in [4.78, 5) is 26.2. The minimum absolute atomic E-state index is 0.00139. The van der Waals surface area contributed by atoms with Gasteiger partial charge in [-0.3, -0.25) is 9.59 Å². The van der Waals surface area contributed by atoms with E-state index in [-0.39, 0.29) is 44.4 Å². The van der Waals surface area contributed by atoms with Crippen LogP contribution in [0.25, 0.3) is 0 Å². The molecular weight excluding hydrogens is 447 g/mol. The number of nitrogens with zero attached hydrogens (tertiary/aromatic N) is 2. The summed E-state index contributed by atoms with van der Waals surface area (Å²) in [6, 6.07) is 10.6. The van der Waals surface area contributed by atoms with Gasteiger partial charge in [-0.25, -0.2) is 8.42 Å². The summed E-state index contributed by atoms with van der Waals surface area (Å²) >= 11 is 0. The molecule has 2 aliphatic rings. The van der Waals surface area contributed by atoms with Gasteiger partial charge in [0.1, 0.15) is 0 Å². The van der Waals surface area contributed by atoms with Crippen molar-refractivity contribution >= 4 is 27.5 Å². The fourth-order valence-corrected chi connectivity index (χ4v) is 5.45. The Bertz CT molecular complexity index is 1160. The van der Waals surface area contributed by atoms with Crippen LogP contribution in [0, 0.1) is 0 Å². The van der Waals surface area contributed by atoms with Crippen molar-refractivity contribution in [2.45, 2.75) is 23.4 Å². The topological polar surface area (TPSA) is 86.8 Å². The molecule has 4 rings (SSSR count). The minimum Gasteiger partial charge on any atom is -0.340 e. The number of nitrogens with one attached hydrogen (secondary N) is 1. The minimum atomic E-state index is -4.65. The number of piperazine rings is 1. The molecule has 0 bridgehead atoms. The van der Waals surface area contributed by atoms with Gasteiger partial charge in [-0.1, -0.05) is 24.3 Å². The fraction of sp³-hybridized carbons (Fsp3) is 0.333. The quantitative estimate of drug-likeness (QED) is 0.752. The third kappa shape index (κ3) is 4.22. The van der Waals surface area contributed by atoms with Crippen LogP contribution in [-0.4, -0.2) is 55.6 Å². The van der Waals surface area contributed by atoms with Gasteiger partial charge >= 0.3 is 6.18 Å². The second kappa shape index (κ2) is 8.21. The number of para-hydroxylation sites is 1. The average molecular weight is 467 g/mol. The molecule has 1 unspecified atom stereocenters. The van der Waals surface area contributed by atoms with Gasteiger partial charge in [0.05, 0.1) is 16.4 Å². The van der Waals surface area contributed by atoms with Gasteiger partial charge in [0.2, 0.25) is 21.8 Å². The summed E-state index contributed by atoms with van der Waals surface area (Å²) < 4.78 is 65.7. The molecule has 170 valence electrons. The molecule has 7 nitrogen and oxygen atoms in total. The number of carbonyl (C=O) groups excluding carboxylic acids is 2. The molecule has 2 heterocycles. The van der Waals surface area contributed by atoms with Crippen molar-refractivity contribution in [1.82, 2.24) is 9.21 Å². The molecule has 0 aromatic heterocycles. The van der Waals surface area contributed by atoms with Gasteiger partial charge in [-0.15, -0.1) is 0 Å². The van der Waals surface area contributed by atoms with Gasteiger partial charge < -0.3 is 10.2 Å². The summed E-state index contributed by atoms with van der Waals surface area (Å²) in [5.74, 6) is -1.21. The van der Waals surface area contributed by atoms with Crippen molar-refractivity contribution in [3.05, 3.63) is 59.7 Å². The number of hydrogen-bond donors (Lipinski definition) is 1. The van der Waals surface area contributed by atoms with E-state index in [1.807, 2.05) is 0 Å². The van der Waals surface area contributed by atoms with Crippen LogP contribution < -0.4 is 5.32 Å². The number of hydrogen-bond acceptors (Lipinski definition) is 4. The van der Waals surface area contributed by atoms with Crippen LogP contribution in [0.15, 0.2) is 53.4 Å². The number of amides is 2. The lowest BCUT2D eigenvalue weighted by Crippen LogP contribution is -2.52. The zero-order valence-corrected chi connectivity index (χ0v) is 17.6. The van der Waals surface area contributed by atoms with Crippen LogP contribution in [0.4, 0.5) is 18.9 Å². The Kier molecular flexibility index (Phi) is 5.72. The molecule has 2 amide bonds. The number of anilines is 1. The predicted octanol–water partition coefficient (Wildman–Crippen LogP) is 2.66. The lowest BCUT2D eigenvalue weighted by Gasteiger charge is -2.36. The van der Waals surface area contributed by atoms with Crippen LogP contribution in [0.1, 0.15) is 23.5 Å². The number of fused-ring (bicyclic) bond motifs is 1. The van der Waals surface area contributed by atoms with E-state index in [4.69, 9.17) is 0 Å². The number of alkyl halides is 3. The van der Waals surface area contributed by atoms with E-state index in [2.05, 4.69) is 5.32 Å². The molecule has 0 radical (unpaired) electrons. The van der Waals surface area contributed by atoms with Crippen LogP contribution in [0.3, 0.4) is 0 Å². The van der Waals surface area contributed by atoms with Gasteiger partial charge in [-0.2, -0.15) is 17.5 Å². The third-order valence-electron chi connectivity index (χ3n) is 5.65. The van der Waals surface area contributed by atoms with Crippen LogP contribution in [0.2, 0.25) is 0 Å². The zero-order chi connectivity index (χ0) is 23.1. The van der Waals surface area contributed by atoms with Crippen molar-refractivity contribution < 1.29 is 31.2 Å². The van der Waals surface area contributed by atoms with E-state index < -0.39 is 32.6 Å². The molecule has 0 spiro atoms. The van der Waals surface area contributed by atoms with Gasteiger partial charge in [-0.05, 0) is 29.8 Å². The van der Waals surface area contributed by atoms with Crippen LogP contribution in [0.5, 0.6) is 0 Å². The highest BCUT2D eigenvalue weighted by Gasteiger charge is 2.37. The third-order valence-corrected chi connectivity index (χ3v) is 7.54. The fourth-order valence-electron chi connectivity index (χ4n) is 3.98. The Morgan fingerprint density at radius 3 is 2.38 bits per heavy atom. The summed E-state index contributed by atoms with van der Waals surface area (Å²) in [5, 5.41) is 2.73. The molecule has 11 heteroatoms. The van der Waals surface area contributed by atoms with Crippen molar-refractivity contribution in [3.8, 4) is 0 Å². The zero-order valence-electron chi connectivity index (χ0n) is 16.8. The van der Waals surface area contributed by atoms with E-state index in [1.54, 1.807) is 24.3 Å². The van der Waals surface area contributed by atoms with E-state index in [9.17, 15) is 31.2 Å². The molecule has 1 atom stereocenters. The van der Waals surface area contributed by atoms with Crippen LogP contribution >= 0.6 is 0 Å². The second-order valence-electron chi connectivity index (χ2n) is 7.65. The number of carbonyl (C=O) groups is 2. The number of sulfonamides is 1. The Morgan fingerprint density at radius 1 is 1.00 bits per heavy atom. The molecule has 0 saturated carbocycles. The van der Waals surface area contributed by atoms with Gasteiger partial charge in [0.25, 0.3) is 0 Å². The average Bonchev–Trinajstić information content (AvgIpc) is 2.77. The first kappa shape index (κ1) is 22.3. The maximum Gasteiger partial charge on any atom is 0.416 e. The SMILES string of the molecule is O=C1CC(C(=O)N2CCN(S(=O)(=O)c3cccc(C(F)(F)F)c3)CC2)c2ccccc2N1. The largest absolute Gasteiger partial charge is 0.416 e. The Labute approximate surface area is 182 Å². The predicted molar refractivity (Wildman–Crippen MR) is 109 cm³/mol. The molecule has 0 aliphatic carbocycles. The first-order valence-electron chi connectivity index (χ1n) is 9.92. The highest BCUT2D eigenvalue weighted by molar-refractivity contribution is 7.89. The van der Waals surface area contributed by atoms with Crippen molar-refractivity contribution in [2.75, 3.05) is 31.5 Å². The van der Waals surface area contributed by atoms with E-state index >= 15 is 0 Å². The summed E-state index contributed by atoms with van der Waals surface area (Å²) in [6.45, 7) is 0.0599. The number of benzene rings is 2. The standard InChI is InChI=1S/C21H20F3N3O4S/c22-21(23,24)14-4-3-5-15(12-14)32(30,31)27-10-8-26(9-11-27)20(29)17-13-19(28)25-18-7-2-1-6-16(17)18/h1-7,12,17H,8-11,13H2,(H,25,28). The number of rotatable bonds is 3. The Morgan fingerprint density at radius 2 is 1.69 bits per heavy atom. The van der Waals surface area contributed by atoms with E-state index in [0.717, 1.165) is 22.5 Å². The highest BCUT2D eigenvalue weighted by atomic mass is 32.2. The van der Waals surface area contributed by atoms with Gasteiger partial charge in [0.15, 0.2) is 0 Å². The molecule has 1 saturated heterocycles. The van der Waals surface area contributed by atoms with Crippen molar-refractivity contribution in [2.24, 2.45) is 0 Å². The normalized spacial score (nSPS) is 19.9.